The molecule has 0 saturated heterocycles. The molecule has 0 bridgehead atoms. The lowest BCUT2D eigenvalue weighted by molar-refractivity contribution is -0.116. The molecular weight excluding hydrogens is 268 g/mol. The highest BCUT2D eigenvalue weighted by molar-refractivity contribution is 5.91. The maximum Gasteiger partial charge on any atom is 0.244 e. The fourth-order valence-corrected chi connectivity index (χ4v) is 1.79. The number of phenols is 2. The van der Waals surface area contributed by atoms with Crippen molar-refractivity contribution in [1.29, 1.82) is 0 Å². The topological polar surface area (TPSA) is 82.5 Å². The predicted molar refractivity (Wildman–Crippen MR) is 79.8 cm³/mol. The second-order valence-corrected chi connectivity index (χ2v) is 4.47. The van der Waals surface area contributed by atoms with Crippen molar-refractivity contribution >= 4 is 12.0 Å². The Bertz CT molecular complexity index is 639. The van der Waals surface area contributed by atoms with Crippen LogP contribution >= 0.6 is 0 Å². The molecule has 0 radical (unpaired) electrons. The number of carbonyl (C=O) groups is 1. The van der Waals surface area contributed by atoms with Crippen molar-refractivity contribution in [2.45, 2.75) is 6.42 Å². The Morgan fingerprint density at radius 2 is 2.14 bits per heavy atom. The van der Waals surface area contributed by atoms with Crippen LogP contribution in [0, 0.1) is 0 Å². The van der Waals surface area contributed by atoms with E-state index in [1.807, 2.05) is 6.07 Å². The number of amides is 1. The van der Waals surface area contributed by atoms with Crippen LogP contribution in [-0.4, -0.2) is 27.6 Å². The van der Waals surface area contributed by atoms with Gasteiger partial charge in [0.05, 0.1) is 0 Å². The molecule has 2 aromatic rings. The highest BCUT2D eigenvalue weighted by Crippen LogP contribution is 2.22. The van der Waals surface area contributed by atoms with Gasteiger partial charge in [-0.3, -0.25) is 9.78 Å². The van der Waals surface area contributed by atoms with Crippen molar-refractivity contribution < 1.29 is 15.0 Å². The summed E-state index contributed by atoms with van der Waals surface area (Å²) in [6.07, 6.45) is 6.94. The molecule has 0 aliphatic heterocycles. The van der Waals surface area contributed by atoms with Gasteiger partial charge in [-0.15, -0.1) is 0 Å². The van der Waals surface area contributed by atoms with Crippen LogP contribution in [0.15, 0.2) is 48.8 Å². The van der Waals surface area contributed by atoms with Gasteiger partial charge in [-0.1, -0.05) is 12.1 Å². The molecule has 1 amide bonds. The summed E-state index contributed by atoms with van der Waals surface area (Å²) in [5, 5.41) is 21.5. The zero-order valence-electron chi connectivity index (χ0n) is 11.4. The first-order valence-electron chi connectivity index (χ1n) is 6.52. The van der Waals surface area contributed by atoms with Crippen LogP contribution in [0.5, 0.6) is 11.5 Å². The molecule has 3 N–H and O–H groups in total. The molecule has 0 spiro atoms. The normalized spacial score (nSPS) is 10.7. The quantitative estimate of drug-likeness (QED) is 0.732. The van der Waals surface area contributed by atoms with Gasteiger partial charge in [0.25, 0.3) is 0 Å². The van der Waals surface area contributed by atoms with E-state index in [0.717, 1.165) is 5.56 Å². The molecule has 108 valence electrons. The molecule has 0 atom stereocenters. The number of phenolic OH excluding ortho intramolecular Hbond substituents is 2. The first-order chi connectivity index (χ1) is 10.1. The van der Waals surface area contributed by atoms with Crippen LogP contribution < -0.4 is 5.32 Å². The van der Waals surface area contributed by atoms with Crippen LogP contribution in [0.4, 0.5) is 0 Å². The van der Waals surface area contributed by atoms with E-state index in [1.165, 1.54) is 18.2 Å². The number of nitrogens with one attached hydrogen (secondary N) is 1. The van der Waals surface area contributed by atoms with Gasteiger partial charge in [0.15, 0.2) is 0 Å². The number of pyridine rings is 1. The van der Waals surface area contributed by atoms with Crippen molar-refractivity contribution in [2.24, 2.45) is 0 Å². The summed E-state index contributed by atoms with van der Waals surface area (Å²) < 4.78 is 0. The van der Waals surface area contributed by atoms with Crippen LogP contribution in [0.25, 0.3) is 6.08 Å². The van der Waals surface area contributed by atoms with Crippen molar-refractivity contribution in [2.75, 3.05) is 6.54 Å². The Morgan fingerprint density at radius 3 is 2.86 bits per heavy atom. The van der Waals surface area contributed by atoms with E-state index in [0.29, 0.717) is 18.5 Å². The van der Waals surface area contributed by atoms with Crippen LogP contribution in [0.2, 0.25) is 0 Å². The molecule has 5 nitrogen and oxygen atoms in total. The lowest BCUT2D eigenvalue weighted by Crippen LogP contribution is -2.23. The highest BCUT2D eigenvalue weighted by Gasteiger charge is 2.02. The molecule has 1 aromatic carbocycles. The maximum atomic E-state index is 11.6. The van der Waals surface area contributed by atoms with E-state index in [-0.39, 0.29) is 17.4 Å². The van der Waals surface area contributed by atoms with Crippen molar-refractivity contribution in [3.05, 3.63) is 59.9 Å². The highest BCUT2D eigenvalue weighted by atomic mass is 16.3. The Kier molecular flexibility index (Phi) is 4.93. The molecule has 0 unspecified atom stereocenters. The summed E-state index contributed by atoms with van der Waals surface area (Å²) in [4.78, 5) is 15.6. The monoisotopic (exact) mass is 284 g/mol. The fourth-order valence-electron chi connectivity index (χ4n) is 1.79. The number of benzene rings is 1. The van der Waals surface area contributed by atoms with E-state index < -0.39 is 0 Å². The molecule has 0 fully saturated rings. The summed E-state index contributed by atoms with van der Waals surface area (Å²) in [6.45, 7) is 0.397. The third-order valence-corrected chi connectivity index (χ3v) is 2.87. The number of carbonyl (C=O) groups excluding carboxylic acids is 1. The van der Waals surface area contributed by atoms with Crippen LogP contribution in [0.1, 0.15) is 11.1 Å². The molecule has 1 aromatic heterocycles. The van der Waals surface area contributed by atoms with E-state index in [2.05, 4.69) is 10.3 Å². The molecule has 0 aliphatic rings. The fraction of sp³-hybridized carbons (Fsp3) is 0.125. The number of nitrogens with zero attached hydrogens (tertiary/aromatic N) is 1. The van der Waals surface area contributed by atoms with Gasteiger partial charge in [-0.2, -0.15) is 0 Å². The van der Waals surface area contributed by atoms with E-state index >= 15 is 0 Å². The summed E-state index contributed by atoms with van der Waals surface area (Å²) in [7, 11) is 0. The Morgan fingerprint density at radius 1 is 1.29 bits per heavy atom. The van der Waals surface area contributed by atoms with Gasteiger partial charge >= 0.3 is 0 Å². The van der Waals surface area contributed by atoms with Gasteiger partial charge in [-0.25, -0.2) is 0 Å². The molecule has 0 saturated carbocycles. The minimum Gasteiger partial charge on any atom is -0.508 e. The van der Waals surface area contributed by atoms with Gasteiger partial charge in [0.1, 0.15) is 11.5 Å². The van der Waals surface area contributed by atoms with Crippen molar-refractivity contribution in [3.63, 3.8) is 0 Å². The summed E-state index contributed by atoms with van der Waals surface area (Å²) >= 11 is 0. The van der Waals surface area contributed by atoms with E-state index in [1.54, 1.807) is 30.6 Å². The average Bonchev–Trinajstić information content (AvgIpc) is 2.48. The van der Waals surface area contributed by atoms with Crippen LogP contribution in [-0.2, 0) is 11.2 Å². The molecule has 1 heterocycles. The second-order valence-electron chi connectivity index (χ2n) is 4.47. The summed E-state index contributed by atoms with van der Waals surface area (Å²) in [6, 6.07) is 8.05. The Hall–Kier alpha value is -2.82. The van der Waals surface area contributed by atoms with Crippen molar-refractivity contribution in [3.8, 4) is 11.5 Å². The smallest absolute Gasteiger partial charge is 0.244 e. The third kappa shape index (κ3) is 4.65. The minimum absolute atomic E-state index is 0.0136. The number of rotatable bonds is 5. The van der Waals surface area contributed by atoms with Gasteiger partial charge in [0, 0.05) is 31.1 Å². The maximum absolute atomic E-state index is 11.6. The number of aromatic nitrogens is 1. The van der Waals surface area contributed by atoms with Crippen molar-refractivity contribution in [1.82, 2.24) is 10.3 Å². The predicted octanol–water partition coefficient (Wildman–Crippen LogP) is 1.86. The first kappa shape index (κ1) is 14.6. The number of hydrogen-bond donors (Lipinski definition) is 3. The van der Waals surface area contributed by atoms with Crippen LogP contribution in [0.3, 0.4) is 0 Å². The molecular formula is C16H16N2O3. The summed E-state index contributed by atoms with van der Waals surface area (Å²) in [5.41, 5.74) is 1.52. The van der Waals surface area contributed by atoms with E-state index in [9.17, 15) is 15.0 Å². The second kappa shape index (κ2) is 7.09. The lowest BCUT2D eigenvalue weighted by atomic mass is 10.1. The standard InChI is InChI=1S/C16H16N2O3/c19-14-5-4-13(15(20)10-14)7-9-18-16(21)6-3-12-2-1-8-17-11-12/h1-6,8,10-11,19-20H,7,9H2,(H,18,21). The Balaban J connectivity index is 1.80. The number of hydrogen-bond acceptors (Lipinski definition) is 4. The Labute approximate surface area is 122 Å². The lowest BCUT2D eigenvalue weighted by Gasteiger charge is -2.05. The number of aromatic hydroxyl groups is 2. The molecule has 5 heteroatoms. The van der Waals surface area contributed by atoms with E-state index in [4.69, 9.17) is 0 Å². The summed E-state index contributed by atoms with van der Waals surface area (Å²) in [5.74, 6) is -0.174. The average molecular weight is 284 g/mol. The third-order valence-electron chi connectivity index (χ3n) is 2.87. The largest absolute Gasteiger partial charge is 0.508 e. The van der Waals surface area contributed by atoms with Gasteiger partial charge in [0.2, 0.25) is 5.91 Å². The first-order valence-corrected chi connectivity index (χ1v) is 6.52. The van der Waals surface area contributed by atoms with Gasteiger partial charge in [-0.05, 0) is 35.8 Å². The molecule has 0 aliphatic carbocycles. The van der Waals surface area contributed by atoms with Gasteiger partial charge < -0.3 is 15.5 Å². The SMILES string of the molecule is O=C(C=Cc1cccnc1)NCCc1ccc(O)cc1O. The molecule has 21 heavy (non-hydrogen) atoms. The molecule has 2 rings (SSSR count). The zero-order chi connectivity index (χ0) is 15.1. The minimum atomic E-state index is -0.211. The zero-order valence-corrected chi connectivity index (χ0v) is 11.4.